The van der Waals surface area contributed by atoms with Gasteiger partial charge in [0.15, 0.2) is 0 Å². The summed E-state index contributed by atoms with van der Waals surface area (Å²) in [6.45, 7) is 8.97. The molecule has 1 atom stereocenters. The first kappa shape index (κ1) is 14.0. The van der Waals surface area contributed by atoms with Gasteiger partial charge in [0.1, 0.15) is 0 Å². The molecule has 0 radical (unpaired) electrons. The summed E-state index contributed by atoms with van der Waals surface area (Å²) in [6, 6.07) is 8.61. The fourth-order valence-electron chi connectivity index (χ4n) is 2.42. The van der Waals surface area contributed by atoms with Crippen molar-refractivity contribution in [2.75, 3.05) is 13.1 Å². The van der Waals surface area contributed by atoms with Gasteiger partial charge in [-0.25, -0.2) is 0 Å². The van der Waals surface area contributed by atoms with E-state index in [1.54, 1.807) is 0 Å². The van der Waals surface area contributed by atoms with Gasteiger partial charge in [-0.3, -0.25) is 4.98 Å². The number of fused-ring (bicyclic) bond motifs is 1. The Morgan fingerprint density at radius 3 is 2.74 bits per heavy atom. The minimum atomic E-state index is 0.643. The first-order valence-electron chi connectivity index (χ1n) is 7.19. The number of aromatic nitrogens is 1. The van der Waals surface area contributed by atoms with E-state index in [1.807, 2.05) is 12.4 Å². The van der Waals surface area contributed by atoms with Gasteiger partial charge in [-0.15, -0.1) is 0 Å². The fraction of sp³-hybridized carbons (Fsp3) is 0.471. The van der Waals surface area contributed by atoms with E-state index < -0.39 is 0 Å². The van der Waals surface area contributed by atoms with Crippen LogP contribution >= 0.6 is 0 Å². The molecule has 0 aliphatic rings. The van der Waals surface area contributed by atoms with Crippen LogP contribution in [-0.4, -0.2) is 18.1 Å². The number of nitrogens with one attached hydrogen (secondary N) is 1. The largest absolute Gasteiger partial charge is 0.316 e. The van der Waals surface area contributed by atoms with Crippen LogP contribution in [0, 0.1) is 11.8 Å². The maximum Gasteiger partial charge on any atom is 0.0349 e. The van der Waals surface area contributed by atoms with Crippen LogP contribution in [-0.2, 0) is 6.42 Å². The third kappa shape index (κ3) is 4.03. The fourth-order valence-corrected chi connectivity index (χ4v) is 2.42. The highest BCUT2D eigenvalue weighted by Crippen LogP contribution is 2.20. The quantitative estimate of drug-likeness (QED) is 0.853. The first-order chi connectivity index (χ1) is 9.16. The van der Waals surface area contributed by atoms with Crippen LogP contribution in [0.2, 0.25) is 0 Å². The van der Waals surface area contributed by atoms with Crippen LogP contribution in [0.1, 0.15) is 26.3 Å². The Morgan fingerprint density at radius 2 is 1.95 bits per heavy atom. The molecule has 0 saturated carbocycles. The molecule has 1 aromatic heterocycles. The second-order valence-electron chi connectivity index (χ2n) is 5.88. The lowest BCUT2D eigenvalue weighted by Gasteiger charge is -2.15. The lowest BCUT2D eigenvalue weighted by Crippen LogP contribution is -2.26. The highest BCUT2D eigenvalue weighted by atomic mass is 14.9. The monoisotopic (exact) mass is 256 g/mol. The average molecular weight is 256 g/mol. The summed E-state index contributed by atoms with van der Waals surface area (Å²) in [7, 11) is 0. The smallest absolute Gasteiger partial charge is 0.0349 e. The van der Waals surface area contributed by atoms with Crippen LogP contribution in [0.4, 0.5) is 0 Å². The van der Waals surface area contributed by atoms with E-state index >= 15 is 0 Å². The number of nitrogens with zero attached hydrogens (tertiary/aromatic N) is 1. The van der Waals surface area contributed by atoms with E-state index in [9.17, 15) is 0 Å². The summed E-state index contributed by atoms with van der Waals surface area (Å²) < 4.78 is 0. The Kier molecular flexibility index (Phi) is 4.92. The second-order valence-corrected chi connectivity index (χ2v) is 5.88. The van der Waals surface area contributed by atoms with Crippen LogP contribution in [0.25, 0.3) is 10.8 Å². The number of pyridine rings is 1. The normalized spacial score (nSPS) is 13.1. The summed E-state index contributed by atoms with van der Waals surface area (Å²) in [5.41, 5.74) is 1.41. The molecule has 2 heteroatoms. The Balaban J connectivity index is 2.00. The highest BCUT2D eigenvalue weighted by Gasteiger charge is 2.07. The van der Waals surface area contributed by atoms with Gasteiger partial charge < -0.3 is 5.32 Å². The molecule has 2 nitrogen and oxygen atoms in total. The van der Waals surface area contributed by atoms with Gasteiger partial charge in [0.25, 0.3) is 0 Å². The van der Waals surface area contributed by atoms with Gasteiger partial charge in [0.2, 0.25) is 0 Å². The zero-order chi connectivity index (χ0) is 13.7. The van der Waals surface area contributed by atoms with Crippen LogP contribution < -0.4 is 5.32 Å². The minimum absolute atomic E-state index is 0.643. The lowest BCUT2D eigenvalue weighted by atomic mass is 9.97. The molecular formula is C17H24N2. The molecule has 1 heterocycles. The molecule has 0 saturated heterocycles. The molecule has 102 valence electrons. The summed E-state index contributed by atoms with van der Waals surface area (Å²) in [4.78, 5) is 4.25. The van der Waals surface area contributed by atoms with E-state index in [0.29, 0.717) is 11.8 Å². The molecule has 0 fully saturated rings. The molecule has 19 heavy (non-hydrogen) atoms. The third-order valence-electron chi connectivity index (χ3n) is 3.39. The molecule has 1 N–H and O–H groups in total. The van der Waals surface area contributed by atoms with Gasteiger partial charge in [-0.05, 0) is 48.4 Å². The van der Waals surface area contributed by atoms with Crippen LogP contribution in [0.3, 0.4) is 0 Å². The summed E-state index contributed by atoms with van der Waals surface area (Å²) in [5, 5.41) is 6.12. The van der Waals surface area contributed by atoms with Crippen molar-refractivity contribution in [3.05, 3.63) is 42.2 Å². The van der Waals surface area contributed by atoms with Gasteiger partial charge in [-0.2, -0.15) is 0 Å². The van der Waals surface area contributed by atoms with Gasteiger partial charge in [0, 0.05) is 17.8 Å². The van der Waals surface area contributed by atoms with E-state index in [0.717, 1.165) is 19.5 Å². The SMILES string of the molecule is CC(C)CNCC(C)Cc1cccc2ccncc12. The number of rotatable bonds is 6. The van der Waals surface area contributed by atoms with Crippen molar-refractivity contribution in [2.24, 2.45) is 11.8 Å². The van der Waals surface area contributed by atoms with Crippen molar-refractivity contribution in [1.82, 2.24) is 10.3 Å². The zero-order valence-electron chi connectivity index (χ0n) is 12.2. The van der Waals surface area contributed by atoms with Gasteiger partial charge >= 0.3 is 0 Å². The molecule has 1 aromatic carbocycles. The van der Waals surface area contributed by atoms with Crippen molar-refractivity contribution in [2.45, 2.75) is 27.2 Å². The Hall–Kier alpha value is -1.41. The number of hydrogen-bond acceptors (Lipinski definition) is 2. The second kappa shape index (κ2) is 6.67. The number of hydrogen-bond donors (Lipinski definition) is 1. The predicted molar refractivity (Wildman–Crippen MR) is 82.3 cm³/mol. The highest BCUT2D eigenvalue weighted by molar-refractivity contribution is 5.84. The molecule has 1 unspecified atom stereocenters. The average Bonchev–Trinajstić information content (AvgIpc) is 2.39. The van der Waals surface area contributed by atoms with Crippen molar-refractivity contribution in [3.63, 3.8) is 0 Å². The van der Waals surface area contributed by atoms with E-state index in [2.05, 4.69) is 55.3 Å². The number of benzene rings is 1. The van der Waals surface area contributed by atoms with Crippen molar-refractivity contribution in [1.29, 1.82) is 0 Å². The molecule has 0 amide bonds. The standard InChI is InChI=1S/C17H24N2/c1-13(2)10-19-11-14(3)9-16-6-4-5-15-7-8-18-12-17(15)16/h4-8,12-14,19H,9-11H2,1-3H3. The lowest BCUT2D eigenvalue weighted by molar-refractivity contribution is 0.474. The zero-order valence-corrected chi connectivity index (χ0v) is 12.2. The maximum absolute atomic E-state index is 4.25. The Bertz CT molecular complexity index is 514. The summed E-state index contributed by atoms with van der Waals surface area (Å²) >= 11 is 0. The molecule has 2 rings (SSSR count). The molecule has 0 bridgehead atoms. The molecular weight excluding hydrogens is 232 g/mol. The van der Waals surface area contributed by atoms with Crippen molar-refractivity contribution in [3.8, 4) is 0 Å². The maximum atomic E-state index is 4.25. The Labute approximate surface area is 116 Å². The summed E-state index contributed by atoms with van der Waals surface area (Å²) in [6.07, 6.45) is 4.95. The van der Waals surface area contributed by atoms with Crippen molar-refractivity contribution >= 4 is 10.8 Å². The first-order valence-corrected chi connectivity index (χ1v) is 7.19. The van der Waals surface area contributed by atoms with Gasteiger partial charge in [0.05, 0.1) is 0 Å². The third-order valence-corrected chi connectivity index (χ3v) is 3.39. The molecule has 0 spiro atoms. The van der Waals surface area contributed by atoms with Crippen LogP contribution in [0.5, 0.6) is 0 Å². The predicted octanol–water partition coefficient (Wildman–Crippen LogP) is 3.66. The molecule has 0 aliphatic heterocycles. The van der Waals surface area contributed by atoms with Crippen molar-refractivity contribution < 1.29 is 0 Å². The Morgan fingerprint density at radius 1 is 1.11 bits per heavy atom. The molecule has 0 aliphatic carbocycles. The van der Waals surface area contributed by atoms with E-state index in [4.69, 9.17) is 0 Å². The summed E-state index contributed by atoms with van der Waals surface area (Å²) in [5.74, 6) is 1.36. The van der Waals surface area contributed by atoms with E-state index in [1.165, 1.54) is 16.3 Å². The van der Waals surface area contributed by atoms with Crippen LogP contribution in [0.15, 0.2) is 36.7 Å². The topological polar surface area (TPSA) is 24.9 Å². The van der Waals surface area contributed by atoms with Gasteiger partial charge in [-0.1, -0.05) is 39.0 Å². The van der Waals surface area contributed by atoms with E-state index in [-0.39, 0.29) is 0 Å². The minimum Gasteiger partial charge on any atom is -0.316 e. The molecule has 2 aromatic rings.